The molecule has 0 aliphatic heterocycles. The molecule has 17 heavy (non-hydrogen) atoms. The van der Waals surface area contributed by atoms with Crippen LogP contribution in [-0.2, 0) is 0 Å². The Balaban J connectivity index is 1.98. The quantitative estimate of drug-likeness (QED) is 0.748. The predicted octanol–water partition coefficient (Wildman–Crippen LogP) is 4.23. The van der Waals surface area contributed by atoms with Crippen molar-refractivity contribution < 1.29 is 0 Å². The van der Waals surface area contributed by atoms with Gasteiger partial charge in [0.2, 0.25) is 0 Å². The van der Waals surface area contributed by atoms with E-state index >= 15 is 0 Å². The Morgan fingerprint density at radius 2 is 2.06 bits per heavy atom. The summed E-state index contributed by atoms with van der Waals surface area (Å²) in [6, 6.07) is 8.40. The van der Waals surface area contributed by atoms with Crippen LogP contribution in [0, 0.1) is 0 Å². The number of nitrogens with one attached hydrogen (secondary N) is 1. The number of hydrogen-bond acceptors (Lipinski definition) is 2. The van der Waals surface area contributed by atoms with Crippen LogP contribution in [0.4, 0.5) is 5.69 Å². The maximum atomic E-state index is 4.19. The van der Waals surface area contributed by atoms with E-state index in [0.717, 1.165) is 6.54 Å². The smallest absolute Gasteiger partial charge is 0.0435 e. The monoisotopic (exact) mass is 228 g/mol. The van der Waals surface area contributed by atoms with Gasteiger partial charge in [0.15, 0.2) is 0 Å². The first-order valence-corrected chi connectivity index (χ1v) is 6.48. The van der Waals surface area contributed by atoms with Gasteiger partial charge in [-0.3, -0.25) is 4.98 Å². The maximum Gasteiger partial charge on any atom is 0.0435 e. The van der Waals surface area contributed by atoms with Gasteiger partial charge in [-0.25, -0.2) is 0 Å². The molecule has 0 amide bonds. The number of rotatable bonds is 6. The molecule has 0 saturated carbocycles. The lowest BCUT2D eigenvalue weighted by Gasteiger charge is -2.09. The Labute approximate surface area is 103 Å². The molecular formula is C15H20N2. The number of benzene rings is 1. The van der Waals surface area contributed by atoms with Gasteiger partial charge in [-0.1, -0.05) is 38.3 Å². The summed E-state index contributed by atoms with van der Waals surface area (Å²) in [5.74, 6) is 0. The first-order valence-electron chi connectivity index (χ1n) is 6.48. The highest BCUT2D eigenvalue weighted by Gasteiger charge is 1.99. The van der Waals surface area contributed by atoms with Gasteiger partial charge in [0.1, 0.15) is 0 Å². The second kappa shape index (κ2) is 6.24. The number of aromatic nitrogens is 1. The highest BCUT2D eigenvalue weighted by atomic mass is 14.9. The fourth-order valence-electron chi connectivity index (χ4n) is 2.04. The first kappa shape index (κ1) is 11.9. The van der Waals surface area contributed by atoms with Crippen LogP contribution in [-0.4, -0.2) is 11.5 Å². The van der Waals surface area contributed by atoms with Gasteiger partial charge in [0.05, 0.1) is 0 Å². The lowest BCUT2D eigenvalue weighted by molar-refractivity contribution is 0.685. The van der Waals surface area contributed by atoms with Gasteiger partial charge in [0.25, 0.3) is 0 Å². The van der Waals surface area contributed by atoms with E-state index in [1.807, 2.05) is 12.4 Å². The molecule has 0 bridgehead atoms. The van der Waals surface area contributed by atoms with Crippen LogP contribution in [0.5, 0.6) is 0 Å². The third-order valence-electron chi connectivity index (χ3n) is 3.03. The van der Waals surface area contributed by atoms with E-state index in [2.05, 4.69) is 41.5 Å². The number of fused-ring (bicyclic) bond motifs is 1. The summed E-state index contributed by atoms with van der Waals surface area (Å²) in [4.78, 5) is 4.19. The minimum absolute atomic E-state index is 1.05. The van der Waals surface area contributed by atoms with E-state index in [9.17, 15) is 0 Å². The molecule has 90 valence electrons. The van der Waals surface area contributed by atoms with E-state index in [1.54, 1.807) is 0 Å². The topological polar surface area (TPSA) is 24.9 Å². The minimum Gasteiger partial charge on any atom is -0.384 e. The zero-order valence-electron chi connectivity index (χ0n) is 10.4. The van der Waals surface area contributed by atoms with E-state index in [4.69, 9.17) is 0 Å². The highest BCUT2D eigenvalue weighted by molar-refractivity contribution is 5.92. The second-order valence-corrected chi connectivity index (χ2v) is 4.39. The van der Waals surface area contributed by atoms with Crippen molar-refractivity contribution in [2.24, 2.45) is 0 Å². The van der Waals surface area contributed by atoms with Gasteiger partial charge in [0, 0.05) is 30.0 Å². The largest absolute Gasteiger partial charge is 0.384 e. The molecule has 2 aromatic rings. The van der Waals surface area contributed by atoms with E-state index in [0.29, 0.717) is 0 Å². The maximum absolute atomic E-state index is 4.19. The molecule has 1 aromatic carbocycles. The van der Waals surface area contributed by atoms with Crippen molar-refractivity contribution >= 4 is 16.5 Å². The summed E-state index contributed by atoms with van der Waals surface area (Å²) in [5, 5.41) is 5.97. The Morgan fingerprint density at radius 3 is 2.94 bits per heavy atom. The van der Waals surface area contributed by atoms with Crippen molar-refractivity contribution in [2.75, 3.05) is 11.9 Å². The second-order valence-electron chi connectivity index (χ2n) is 4.39. The van der Waals surface area contributed by atoms with Crippen molar-refractivity contribution in [3.8, 4) is 0 Å². The third kappa shape index (κ3) is 3.19. The molecule has 0 saturated heterocycles. The molecule has 0 spiro atoms. The zero-order valence-corrected chi connectivity index (χ0v) is 10.4. The van der Waals surface area contributed by atoms with Crippen LogP contribution in [0.3, 0.4) is 0 Å². The lowest BCUT2D eigenvalue weighted by atomic mass is 10.1. The Bertz CT molecular complexity index is 460. The molecule has 2 nitrogen and oxygen atoms in total. The van der Waals surface area contributed by atoms with Crippen LogP contribution >= 0.6 is 0 Å². The summed E-state index contributed by atoms with van der Waals surface area (Å²) in [5.41, 5.74) is 1.20. The minimum atomic E-state index is 1.05. The average Bonchev–Trinajstić information content (AvgIpc) is 2.39. The molecule has 2 heteroatoms. The summed E-state index contributed by atoms with van der Waals surface area (Å²) in [7, 11) is 0. The molecule has 0 aliphatic rings. The molecule has 1 N–H and O–H groups in total. The number of nitrogens with zero attached hydrogens (tertiary/aromatic N) is 1. The molecule has 1 heterocycles. The van der Waals surface area contributed by atoms with E-state index < -0.39 is 0 Å². The molecular weight excluding hydrogens is 208 g/mol. The fourth-order valence-corrected chi connectivity index (χ4v) is 2.04. The van der Waals surface area contributed by atoms with Crippen molar-refractivity contribution in [3.63, 3.8) is 0 Å². The molecule has 0 unspecified atom stereocenters. The number of pyridine rings is 1. The Hall–Kier alpha value is -1.57. The van der Waals surface area contributed by atoms with E-state index in [-0.39, 0.29) is 0 Å². The Morgan fingerprint density at radius 1 is 1.12 bits per heavy atom. The summed E-state index contributed by atoms with van der Waals surface area (Å²) in [6.07, 6.45) is 8.95. The third-order valence-corrected chi connectivity index (χ3v) is 3.03. The van der Waals surface area contributed by atoms with Crippen LogP contribution in [0.15, 0.2) is 36.7 Å². The highest BCUT2D eigenvalue weighted by Crippen LogP contribution is 2.21. The summed E-state index contributed by atoms with van der Waals surface area (Å²) < 4.78 is 0. The number of hydrogen-bond donors (Lipinski definition) is 1. The van der Waals surface area contributed by atoms with E-state index in [1.165, 1.54) is 42.1 Å². The Kier molecular flexibility index (Phi) is 4.37. The molecule has 0 aliphatic carbocycles. The normalized spacial score (nSPS) is 10.6. The average molecular weight is 228 g/mol. The van der Waals surface area contributed by atoms with Crippen molar-refractivity contribution in [1.82, 2.24) is 4.98 Å². The van der Waals surface area contributed by atoms with Gasteiger partial charge < -0.3 is 5.32 Å². The van der Waals surface area contributed by atoms with Crippen molar-refractivity contribution in [1.29, 1.82) is 0 Å². The van der Waals surface area contributed by atoms with Crippen molar-refractivity contribution in [3.05, 3.63) is 36.7 Å². The van der Waals surface area contributed by atoms with Gasteiger partial charge in [-0.2, -0.15) is 0 Å². The zero-order chi connectivity index (χ0) is 11.9. The van der Waals surface area contributed by atoms with Crippen LogP contribution in [0.25, 0.3) is 10.8 Å². The van der Waals surface area contributed by atoms with Crippen molar-refractivity contribution in [2.45, 2.75) is 32.6 Å². The molecule has 1 aromatic heterocycles. The predicted molar refractivity (Wildman–Crippen MR) is 74.4 cm³/mol. The SMILES string of the molecule is CCCCCCNc1cccc2ccncc12. The van der Waals surface area contributed by atoms with Crippen LogP contribution < -0.4 is 5.32 Å². The number of anilines is 1. The standard InChI is InChI=1S/C15H20N2/c1-2-3-4-5-10-17-15-8-6-7-13-9-11-16-12-14(13)15/h6-9,11-12,17H,2-5,10H2,1H3. The van der Waals surface area contributed by atoms with Crippen LogP contribution in [0.2, 0.25) is 0 Å². The molecule has 0 radical (unpaired) electrons. The molecule has 0 fully saturated rings. The molecule has 0 atom stereocenters. The summed E-state index contributed by atoms with van der Waals surface area (Å²) in [6.45, 7) is 3.29. The number of unbranched alkanes of at least 4 members (excludes halogenated alkanes) is 3. The molecule has 2 rings (SSSR count). The fraction of sp³-hybridized carbons (Fsp3) is 0.400. The van der Waals surface area contributed by atoms with Gasteiger partial charge >= 0.3 is 0 Å². The van der Waals surface area contributed by atoms with Gasteiger partial charge in [-0.05, 0) is 23.9 Å². The van der Waals surface area contributed by atoms with Crippen LogP contribution in [0.1, 0.15) is 32.6 Å². The first-order chi connectivity index (χ1) is 8.42. The lowest BCUT2D eigenvalue weighted by Crippen LogP contribution is -2.01. The summed E-state index contributed by atoms with van der Waals surface area (Å²) >= 11 is 0. The van der Waals surface area contributed by atoms with Gasteiger partial charge in [-0.15, -0.1) is 0 Å².